The molecule has 1 aliphatic heterocycles. The molecule has 7 nitrogen and oxygen atoms in total. The number of carbonyl (C=O) groups excluding carboxylic acids is 1. The average molecular weight is 380 g/mol. The van der Waals surface area contributed by atoms with Crippen molar-refractivity contribution >= 4 is 11.6 Å². The van der Waals surface area contributed by atoms with E-state index in [9.17, 15) is 19.3 Å². The molecule has 0 spiro atoms. The Morgan fingerprint density at radius 2 is 1.96 bits per heavy atom. The maximum Gasteiger partial charge on any atom is 0.274 e. The number of likely N-dealkylation sites (tertiary alicyclic amines) is 1. The molecule has 8 heteroatoms. The molecule has 142 valence electrons. The molecule has 1 amide bonds. The minimum absolute atomic E-state index is 0.0446. The smallest absolute Gasteiger partial charge is 0.274 e. The van der Waals surface area contributed by atoms with Crippen molar-refractivity contribution in [3.63, 3.8) is 0 Å². The van der Waals surface area contributed by atoms with Gasteiger partial charge in [0, 0.05) is 24.9 Å². The summed E-state index contributed by atoms with van der Waals surface area (Å²) in [7, 11) is 0. The van der Waals surface area contributed by atoms with Crippen LogP contribution < -0.4 is 0 Å². The number of nitrogens with zero attached hydrogens (tertiary/aromatic N) is 4. The number of nitro benzene ring substituents is 1. The van der Waals surface area contributed by atoms with E-state index in [1.165, 1.54) is 28.9 Å². The highest BCUT2D eigenvalue weighted by molar-refractivity contribution is 5.92. The summed E-state index contributed by atoms with van der Waals surface area (Å²) >= 11 is 0. The summed E-state index contributed by atoms with van der Waals surface area (Å²) in [5.74, 6) is -0.522. The number of hydrogen-bond donors (Lipinski definition) is 0. The van der Waals surface area contributed by atoms with Crippen LogP contribution in [0.1, 0.15) is 34.9 Å². The monoisotopic (exact) mass is 380 g/mol. The Hall–Kier alpha value is -3.55. The third-order valence-corrected chi connectivity index (χ3v) is 4.88. The van der Waals surface area contributed by atoms with Gasteiger partial charge in [0.15, 0.2) is 5.69 Å². The highest BCUT2D eigenvalue weighted by Gasteiger charge is 2.31. The van der Waals surface area contributed by atoms with Crippen molar-refractivity contribution in [3.8, 4) is 5.69 Å². The van der Waals surface area contributed by atoms with Crippen LogP contribution in [0.15, 0.2) is 60.8 Å². The van der Waals surface area contributed by atoms with E-state index in [1.807, 2.05) is 0 Å². The van der Waals surface area contributed by atoms with Crippen molar-refractivity contribution in [2.45, 2.75) is 18.9 Å². The number of non-ortho nitro benzene ring substituents is 1. The molecule has 1 aliphatic rings. The fourth-order valence-corrected chi connectivity index (χ4v) is 3.52. The zero-order chi connectivity index (χ0) is 19.7. The van der Waals surface area contributed by atoms with Gasteiger partial charge in [-0.15, -0.1) is 0 Å². The molecule has 0 radical (unpaired) electrons. The number of aromatic nitrogens is 2. The lowest BCUT2D eigenvalue weighted by molar-refractivity contribution is -0.384. The van der Waals surface area contributed by atoms with Crippen molar-refractivity contribution < 1.29 is 14.1 Å². The van der Waals surface area contributed by atoms with Crippen molar-refractivity contribution in [1.82, 2.24) is 14.7 Å². The number of carbonyl (C=O) groups is 1. The molecule has 0 N–H and O–H groups in total. The van der Waals surface area contributed by atoms with Gasteiger partial charge < -0.3 is 4.90 Å². The average Bonchev–Trinajstić information content (AvgIpc) is 3.38. The second kappa shape index (κ2) is 7.22. The summed E-state index contributed by atoms with van der Waals surface area (Å²) in [5, 5.41) is 15.3. The van der Waals surface area contributed by atoms with E-state index in [2.05, 4.69) is 5.10 Å². The van der Waals surface area contributed by atoms with E-state index < -0.39 is 4.92 Å². The molecular weight excluding hydrogens is 363 g/mol. The minimum atomic E-state index is -0.476. The zero-order valence-electron chi connectivity index (χ0n) is 14.9. The van der Waals surface area contributed by atoms with Crippen LogP contribution in [0.3, 0.4) is 0 Å². The van der Waals surface area contributed by atoms with Crippen LogP contribution in [0.4, 0.5) is 10.1 Å². The van der Waals surface area contributed by atoms with Crippen molar-refractivity contribution in [3.05, 3.63) is 88.0 Å². The van der Waals surface area contributed by atoms with E-state index in [-0.39, 0.29) is 29.1 Å². The normalized spacial score (nSPS) is 16.3. The lowest BCUT2D eigenvalue weighted by Gasteiger charge is -2.24. The SMILES string of the molecule is O=C(c1ccn(-c2cccc([N+](=O)[O-])c2)n1)N1CCCC1c1ccc(F)cc1. The maximum atomic E-state index is 13.2. The van der Waals surface area contributed by atoms with Crippen molar-refractivity contribution in [2.24, 2.45) is 0 Å². The van der Waals surface area contributed by atoms with Crippen LogP contribution in [0.5, 0.6) is 0 Å². The van der Waals surface area contributed by atoms with Crippen LogP contribution in [0.2, 0.25) is 0 Å². The van der Waals surface area contributed by atoms with Crippen molar-refractivity contribution in [2.75, 3.05) is 6.54 Å². The summed E-state index contributed by atoms with van der Waals surface area (Å²) in [6.45, 7) is 0.602. The molecule has 4 rings (SSSR count). The summed E-state index contributed by atoms with van der Waals surface area (Å²) in [5.41, 5.74) is 1.62. The largest absolute Gasteiger partial charge is 0.330 e. The molecule has 28 heavy (non-hydrogen) atoms. The van der Waals surface area contributed by atoms with Crippen LogP contribution in [0.25, 0.3) is 5.69 Å². The standard InChI is InChI=1S/C20H17FN4O3/c21-15-8-6-14(7-9-15)19-5-2-11-23(19)20(26)18-10-12-24(22-18)16-3-1-4-17(13-16)25(27)28/h1,3-4,6-10,12-13,19H,2,5,11H2. The number of nitro groups is 1. The van der Waals surface area contributed by atoms with Gasteiger partial charge in [-0.3, -0.25) is 14.9 Å². The van der Waals surface area contributed by atoms with E-state index in [4.69, 9.17) is 0 Å². The van der Waals surface area contributed by atoms with E-state index in [1.54, 1.807) is 41.4 Å². The van der Waals surface area contributed by atoms with Gasteiger partial charge in [-0.05, 0) is 42.7 Å². The number of rotatable bonds is 4. The second-order valence-electron chi connectivity index (χ2n) is 6.63. The Bertz CT molecular complexity index is 1030. The highest BCUT2D eigenvalue weighted by Crippen LogP contribution is 2.33. The van der Waals surface area contributed by atoms with E-state index in [0.717, 1.165) is 18.4 Å². The third-order valence-electron chi connectivity index (χ3n) is 4.88. The van der Waals surface area contributed by atoms with Gasteiger partial charge in [0.2, 0.25) is 0 Å². The molecule has 1 saturated heterocycles. The van der Waals surface area contributed by atoms with E-state index in [0.29, 0.717) is 12.2 Å². The first-order valence-electron chi connectivity index (χ1n) is 8.90. The van der Waals surface area contributed by atoms with Crippen LogP contribution >= 0.6 is 0 Å². The van der Waals surface area contributed by atoms with Crippen LogP contribution in [0, 0.1) is 15.9 Å². The molecule has 1 atom stereocenters. The molecule has 0 saturated carbocycles. The van der Waals surface area contributed by atoms with E-state index >= 15 is 0 Å². The molecular formula is C20H17FN4O3. The predicted octanol–water partition coefficient (Wildman–Crippen LogP) is 3.90. The van der Waals surface area contributed by atoms with Gasteiger partial charge in [-0.2, -0.15) is 5.10 Å². The molecule has 2 aromatic carbocycles. The first kappa shape index (κ1) is 17.8. The first-order chi connectivity index (χ1) is 13.5. The number of hydrogen-bond acceptors (Lipinski definition) is 4. The highest BCUT2D eigenvalue weighted by atomic mass is 19.1. The molecule has 2 heterocycles. The maximum absolute atomic E-state index is 13.2. The lowest BCUT2D eigenvalue weighted by atomic mass is 10.0. The Kier molecular flexibility index (Phi) is 4.60. The summed E-state index contributed by atoms with van der Waals surface area (Å²) in [4.78, 5) is 25.2. The molecule has 0 bridgehead atoms. The van der Waals surface area contributed by atoms with Gasteiger partial charge >= 0.3 is 0 Å². The minimum Gasteiger partial charge on any atom is -0.330 e. The van der Waals surface area contributed by atoms with Gasteiger partial charge in [0.05, 0.1) is 16.7 Å². The van der Waals surface area contributed by atoms with Gasteiger partial charge in [-0.1, -0.05) is 18.2 Å². The number of benzene rings is 2. The topological polar surface area (TPSA) is 81.3 Å². The Morgan fingerprint density at radius 3 is 2.71 bits per heavy atom. The number of amides is 1. The Balaban J connectivity index is 1.58. The summed E-state index contributed by atoms with van der Waals surface area (Å²) in [6, 6.07) is 13.7. The molecule has 3 aromatic rings. The van der Waals surface area contributed by atoms with Crippen LogP contribution in [-0.4, -0.2) is 32.1 Å². The fraction of sp³-hybridized carbons (Fsp3) is 0.200. The second-order valence-corrected chi connectivity index (χ2v) is 6.63. The molecule has 1 fully saturated rings. The molecule has 0 aliphatic carbocycles. The Morgan fingerprint density at radius 1 is 1.18 bits per heavy atom. The molecule has 1 aromatic heterocycles. The Labute approximate surface area is 160 Å². The van der Waals surface area contributed by atoms with Crippen LogP contribution in [-0.2, 0) is 0 Å². The number of halogens is 1. The zero-order valence-corrected chi connectivity index (χ0v) is 14.9. The third kappa shape index (κ3) is 3.36. The lowest BCUT2D eigenvalue weighted by Crippen LogP contribution is -2.31. The summed E-state index contributed by atoms with van der Waals surface area (Å²) in [6.07, 6.45) is 3.28. The first-order valence-corrected chi connectivity index (χ1v) is 8.90. The van der Waals surface area contributed by atoms with Crippen molar-refractivity contribution in [1.29, 1.82) is 0 Å². The van der Waals surface area contributed by atoms with Gasteiger partial charge in [0.1, 0.15) is 5.82 Å². The fourth-order valence-electron chi connectivity index (χ4n) is 3.52. The quantitative estimate of drug-likeness (QED) is 0.508. The predicted molar refractivity (Wildman–Crippen MR) is 99.6 cm³/mol. The van der Waals surface area contributed by atoms with Gasteiger partial charge in [-0.25, -0.2) is 9.07 Å². The van der Waals surface area contributed by atoms with Gasteiger partial charge in [0.25, 0.3) is 11.6 Å². The summed E-state index contributed by atoms with van der Waals surface area (Å²) < 4.78 is 14.6. The molecule has 1 unspecified atom stereocenters.